The molecule has 0 spiro atoms. The highest BCUT2D eigenvalue weighted by atomic mass is 19.1. The van der Waals surface area contributed by atoms with Crippen molar-refractivity contribution in [1.29, 1.82) is 0 Å². The summed E-state index contributed by atoms with van der Waals surface area (Å²) in [5.74, 6) is -1.02. The lowest BCUT2D eigenvalue weighted by atomic mass is 10.0. The van der Waals surface area contributed by atoms with Gasteiger partial charge in [0.15, 0.2) is 0 Å². The number of hydroxylamine groups is 1. The van der Waals surface area contributed by atoms with Crippen LogP contribution in [0, 0.1) is 5.82 Å². The van der Waals surface area contributed by atoms with Crippen molar-refractivity contribution in [3.05, 3.63) is 77.1 Å². The molecule has 1 aliphatic heterocycles. The van der Waals surface area contributed by atoms with Gasteiger partial charge in [0.1, 0.15) is 5.82 Å². The van der Waals surface area contributed by atoms with Crippen LogP contribution in [0.3, 0.4) is 0 Å². The highest BCUT2D eigenvalue weighted by molar-refractivity contribution is 6.24. The van der Waals surface area contributed by atoms with Crippen molar-refractivity contribution >= 4 is 29.5 Å². The summed E-state index contributed by atoms with van der Waals surface area (Å²) in [6.07, 6.45) is 6.55. The predicted octanol–water partition coefficient (Wildman–Crippen LogP) is 3.51. The molecule has 2 aromatic rings. The van der Waals surface area contributed by atoms with Gasteiger partial charge in [-0.3, -0.25) is 14.8 Å². The Morgan fingerprint density at radius 2 is 1.57 bits per heavy atom. The number of nitrogens with one attached hydrogen (secondary N) is 1. The van der Waals surface area contributed by atoms with Crippen LogP contribution in [0.5, 0.6) is 0 Å². The molecule has 28 heavy (non-hydrogen) atoms. The summed E-state index contributed by atoms with van der Waals surface area (Å²) in [6.45, 7) is 1.46. The number of likely N-dealkylation sites (tertiary alicyclic amines) is 1. The molecule has 0 aromatic heterocycles. The van der Waals surface area contributed by atoms with E-state index < -0.39 is 5.91 Å². The third-order valence-electron chi connectivity index (χ3n) is 4.56. The second-order valence-corrected chi connectivity index (χ2v) is 6.54. The molecule has 144 valence electrons. The Kier molecular flexibility index (Phi) is 6.34. The minimum atomic E-state index is -0.612. The fourth-order valence-corrected chi connectivity index (χ4v) is 3.07. The quantitative estimate of drug-likeness (QED) is 0.361. The Hall–Kier alpha value is -3.25. The van der Waals surface area contributed by atoms with E-state index >= 15 is 0 Å². The van der Waals surface area contributed by atoms with Crippen molar-refractivity contribution in [3.8, 4) is 0 Å². The molecule has 1 aliphatic rings. The van der Waals surface area contributed by atoms with Crippen molar-refractivity contribution < 1.29 is 19.2 Å². The molecule has 1 fully saturated rings. The lowest BCUT2D eigenvalue weighted by molar-refractivity contribution is -0.124. The van der Waals surface area contributed by atoms with E-state index in [9.17, 15) is 14.0 Å². The minimum Gasteiger partial charge on any atom is -0.339 e. The molecule has 0 saturated carbocycles. The van der Waals surface area contributed by atoms with Crippen LogP contribution < -0.4 is 5.48 Å². The van der Waals surface area contributed by atoms with Gasteiger partial charge in [-0.05, 0) is 53.8 Å². The topological polar surface area (TPSA) is 69.6 Å². The summed E-state index contributed by atoms with van der Waals surface area (Å²) in [4.78, 5) is 25.9. The predicted molar refractivity (Wildman–Crippen MR) is 105 cm³/mol. The Labute approximate surface area is 162 Å². The molecular weight excluding hydrogens is 359 g/mol. The maximum absolute atomic E-state index is 13.3. The van der Waals surface area contributed by atoms with Gasteiger partial charge in [-0.1, -0.05) is 36.4 Å². The van der Waals surface area contributed by atoms with Crippen LogP contribution in [-0.2, 0) is 9.59 Å². The summed E-state index contributed by atoms with van der Waals surface area (Å²) in [5.41, 5.74) is 4.31. The van der Waals surface area contributed by atoms with Gasteiger partial charge in [0.25, 0.3) is 11.8 Å². The van der Waals surface area contributed by atoms with Gasteiger partial charge in [0.05, 0.1) is 0 Å². The van der Waals surface area contributed by atoms with Crippen LogP contribution >= 0.6 is 0 Å². The van der Waals surface area contributed by atoms with Gasteiger partial charge in [-0.15, -0.1) is 0 Å². The molecule has 2 amide bonds. The van der Waals surface area contributed by atoms with E-state index in [-0.39, 0.29) is 11.7 Å². The van der Waals surface area contributed by atoms with Crippen LogP contribution in [0.25, 0.3) is 17.7 Å². The van der Waals surface area contributed by atoms with Crippen molar-refractivity contribution in [2.24, 2.45) is 0 Å². The SMILES string of the molecule is O=C(C=Cc1ccc(C=C(C(=O)N2CCCC2)c2ccc(F)cc2)cc1)NO. The molecule has 0 atom stereocenters. The first-order valence-electron chi connectivity index (χ1n) is 9.06. The van der Waals surface area contributed by atoms with E-state index in [1.54, 1.807) is 36.4 Å². The van der Waals surface area contributed by atoms with Crippen LogP contribution in [-0.4, -0.2) is 35.0 Å². The Bertz CT molecular complexity index is 896. The zero-order chi connectivity index (χ0) is 19.9. The number of benzene rings is 2. The average Bonchev–Trinajstić information content (AvgIpc) is 3.26. The number of halogens is 1. The fraction of sp³-hybridized carbons (Fsp3) is 0.182. The van der Waals surface area contributed by atoms with Crippen LogP contribution in [0.1, 0.15) is 29.5 Å². The number of carbonyl (C=O) groups excluding carboxylic acids is 2. The molecule has 0 unspecified atom stereocenters. The van der Waals surface area contributed by atoms with Gasteiger partial charge in [-0.2, -0.15) is 0 Å². The molecule has 0 bridgehead atoms. The van der Waals surface area contributed by atoms with E-state index in [1.807, 2.05) is 17.0 Å². The molecule has 1 saturated heterocycles. The van der Waals surface area contributed by atoms with Crippen molar-refractivity contribution in [2.75, 3.05) is 13.1 Å². The number of hydrogen-bond acceptors (Lipinski definition) is 3. The molecule has 6 heteroatoms. The third-order valence-corrected chi connectivity index (χ3v) is 4.56. The number of hydrogen-bond donors (Lipinski definition) is 2. The summed E-state index contributed by atoms with van der Waals surface area (Å²) < 4.78 is 13.3. The molecule has 3 rings (SSSR count). The lowest BCUT2D eigenvalue weighted by Gasteiger charge is -2.18. The second kappa shape index (κ2) is 9.10. The van der Waals surface area contributed by atoms with Crippen LogP contribution in [0.2, 0.25) is 0 Å². The van der Waals surface area contributed by atoms with E-state index in [1.165, 1.54) is 23.7 Å². The number of rotatable bonds is 5. The van der Waals surface area contributed by atoms with E-state index in [4.69, 9.17) is 5.21 Å². The average molecular weight is 380 g/mol. The number of amides is 2. The van der Waals surface area contributed by atoms with Gasteiger partial charge in [0.2, 0.25) is 0 Å². The van der Waals surface area contributed by atoms with Gasteiger partial charge < -0.3 is 4.90 Å². The highest BCUT2D eigenvalue weighted by Crippen LogP contribution is 2.24. The summed E-state index contributed by atoms with van der Waals surface area (Å²) in [5, 5.41) is 8.51. The molecule has 5 nitrogen and oxygen atoms in total. The summed E-state index contributed by atoms with van der Waals surface area (Å²) in [6, 6.07) is 13.2. The fourth-order valence-electron chi connectivity index (χ4n) is 3.07. The lowest BCUT2D eigenvalue weighted by Crippen LogP contribution is -2.28. The van der Waals surface area contributed by atoms with Gasteiger partial charge in [-0.25, -0.2) is 9.87 Å². The molecule has 0 aliphatic carbocycles. The molecule has 2 N–H and O–H groups in total. The molecule has 1 heterocycles. The molecular formula is C22H21FN2O3. The Balaban J connectivity index is 1.89. The Morgan fingerprint density at radius 3 is 2.18 bits per heavy atom. The third kappa shape index (κ3) is 4.92. The summed E-state index contributed by atoms with van der Waals surface area (Å²) >= 11 is 0. The van der Waals surface area contributed by atoms with E-state index in [2.05, 4.69) is 0 Å². The zero-order valence-electron chi connectivity index (χ0n) is 15.3. The van der Waals surface area contributed by atoms with E-state index in [0.29, 0.717) is 11.1 Å². The first-order valence-corrected chi connectivity index (χ1v) is 9.06. The summed E-state index contributed by atoms with van der Waals surface area (Å²) in [7, 11) is 0. The van der Waals surface area contributed by atoms with Gasteiger partial charge in [0, 0.05) is 24.7 Å². The largest absolute Gasteiger partial charge is 0.339 e. The van der Waals surface area contributed by atoms with Gasteiger partial charge >= 0.3 is 0 Å². The first kappa shape index (κ1) is 19.5. The first-order chi connectivity index (χ1) is 13.6. The molecule has 2 aromatic carbocycles. The maximum atomic E-state index is 13.3. The zero-order valence-corrected chi connectivity index (χ0v) is 15.3. The van der Waals surface area contributed by atoms with Crippen molar-refractivity contribution in [3.63, 3.8) is 0 Å². The monoisotopic (exact) mass is 380 g/mol. The standard InChI is InChI=1S/C22H21FN2O3/c23-19-10-8-18(9-11-19)20(22(27)25-13-1-2-14-25)15-17-5-3-16(4-6-17)7-12-21(26)24-28/h3-12,15,28H,1-2,13-14H2,(H,24,26). The minimum absolute atomic E-state index is 0.0623. The number of nitrogens with zero attached hydrogens (tertiary/aromatic N) is 1. The Morgan fingerprint density at radius 1 is 0.964 bits per heavy atom. The van der Waals surface area contributed by atoms with E-state index in [0.717, 1.165) is 37.1 Å². The van der Waals surface area contributed by atoms with Crippen LogP contribution in [0.15, 0.2) is 54.6 Å². The molecule has 0 radical (unpaired) electrons. The highest BCUT2D eigenvalue weighted by Gasteiger charge is 2.22. The van der Waals surface area contributed by atoms with Crippen molar-refractivity contribution in [1.82, 2.24) is 10.4 Å². The second-order valence-electron chi connectivity index (χ2n) is 6.54. The normalized spacial score (nSPS) is 14.5. The smallest absolute Gasteiger partial charge is 0.267 e. The maximum Gasteiger partial charge on any atom is 0.267 e. The van der Waals surface area contributed by atoms with Crippen LogP contribution in [0.4, 0.5) is 4.39 Å². The number of carbonyl (C=O) groups is 2. The van der Waals surface area contributed by atoms with Crippen molar-refractivity contribution in [2.45, 2.75) is 12.8 Å².